The number of nitrogens with zero attached hydrogens (tertiary/aromatic N) is 3. The quantitative estimate of drug-likeness (QED) is 0.870. The Hall–Kier alpha value is -2.93. The van der Waals surface area contributed by atoms with Gasteiger partial charge in [-0.05, 0) is 5.56 Å². The standard InChI is InChI=1S/C19H22N4O3/c1-21-17(24)16(14-20-19(21)26)18(25)23-12-10-22(11-13-23)9-5-8-15-6-3-2-4-7-15/h2-8,14H,9-13H2,1H3,(H,20,26)/b8-5+. The minimum absolute atomic E-state index is 0.00419. The van der Waals surface area contributed by atoms with Gasteiger partial charge in [-0.2, -0.15) is 0 Å². The molecule has 7 nitrogen and oxygen atoms in total. The van der Waals surface area contributed by atoms with E-state index in [0.717, 1.165) is 29.8 Å². The molecule has 0 atom stereocenters. The zero-order chi connectivity index (χ0) is 18.5. The van der Waals surface area contributed by atoms with Gasteiger partial charge in [-0.25, -0.2) is 4.79 Å². The van der Waals surface area contributed by atoms with Gasteiger partial charge in [0.15, 0.2) is 0 Å². The number of hydrogen-bond acceptors (Lipinski definition) is 4. The zero-order valence-electron chi connectivity index (χ0n) is 14.7. The van der Waals surface area contributed by atoms with E-state index in [9.17, 15) is 14.4 Å². The van der Waals surface area contributed by atoms with Crippen molar-refractivity contribution in [3.05, 3.63) is 74.6 Å². The number of benzene rings is 1. The normalized spacial score (nSPS) is 15.5. The van der Waals surface area contributed by atoms with Crippen molar-refractivity contribution in [3.63, 3.8) is 0 Å². The molecule has 1 N–H and O–H groups in total. The molecule has 26 heavy (non-hydrogen) atoms. The molecular weight excluding hydrogens is 332 g/mol. The number of amides is 1. The number of H-pyrrole nitrogens is 1. The van der Waals surface area contributed by atoms with Crippen LogP contribution in [0.1, 0.15) is 15.9 Å². The summed E-state index contributed by atoms with van der Waals surface area (Å²) in [7, 11) is 1.36. The molecule has 136 valence electrons. The second-order valence-corrected chi connectivity index (χ2v) is 6.28. The van der Waals surface area contributed by atoms with Crippen LogP contribution in [0.5, 0.6) is 0 Å². The Morgan fingerprint density at radius 2 is 1.81 bits per heavy atom. The van der Waals surface area contributed by atoms with Crippen molar-refractivity contribution in [1.82, 2.24) is 19.4 Å². The van der Waals surface area contributed by atoms with E-state index < -0.39 is 11.2 Å². The Kier molecular flexibility index (Phi) is 5.48. The Morgan fingerprint density at radius 1 is 1.12 bits per heavy atom. The molecule has 3 rings (SSSR count). The summed E-state index contributed by atoms with van der Waals surface area (Å²) in [5.74, 6) is -0.332. The van der Waals surface area contributed by atoms with Crippen LogP contribution in [0.15, 0.2) is 52.2 Å². The van der Waals surface area contributed by atoms with Crippen molar-refractivity contribution >= 4 is 12.0 Å². The molecule has 1 aromatic carbocycles. The second-order valence-electron chi connectivity index (χ2n) is 6.28. The molecule has 7 heteroatoms. The third-order valence-electron chi connectivity index (χ3n) is 4.54. The minimum Gasteiger partial charge on any atom is -0.336 e. The van der Waals surface area contributed by atoms with Gasteiger partial charge in [0.25, 0.3) is 11.5 Å². The van der Waals surface area contributed by atoms with Crippen molar-refractivity contribution in [2.24, 2.45) is 7.05 Å². The summed E-state index contributed by atoms with van der Waals surface area (Å²) in [6.45, 7) is 3.42. The molecule has 2 heterocycles. The maximum Gasteiger partial charge on any atom is 0.328 e. The largest absolute Gasteiger partial charge is 0.336 e. The van der Waals surface area contributed by atoms with Crippen molar-refractivity contribution in [2.75, 3.05) is 32.7 Å². The van der Waals surface area contributed by atoms with Crippen LogP contribution < -0.4 is 11.2 Å². The molecule has 0 radical (unpaired) electrons. The predicted octanol–water partition coefficient (Wildman–Crippen LogP) is 0.545. The molecule has 0 saturated carbocycles. The molecule has 0 bridgehead atoms. The Bertz CT molecular complexity index is 906. The number of aromatic nitrogens is 2. The van der Waals surface area contributed by atoms with Gasteiger partial charge < -0.3 is 9.88 Å². The van der Waals surface area contributed by atoms with Crippen LogP contribution >= 0.6 is 0 Å². The van der Waals surface area contributed by atoms with Crippen molar-refractivity contribution in [2.45, 2.75) is 0 Å². The van der Waals surface area contributed by atoms with Crippen LogP contribution in [0, 0.1) is 0 Å². The number of hydrogen-bond donors (Lipinski definition) is 1. The highest BCUT2D eigenvalue weighted by Gasteiger charge is 2.24. The molecule has 1 aliphatic rings. The van der Waals surface area contributed by atoms with Gasteiger partial charge in [-0.3, -0.25) is 19.1 Å². The van der Waals surface area contributed by atoms with Crippen molar-refractivity contribution in [1.29, 1.82) is 0 Å². The Morgan fingerprint density at radius 3 is 2.50 bits per heavy atom. The first-order chi connectivity index (χ1) is 12.6. The molecule has 1 amide bonds. The lowest BCUT2D eigenvalue weighted by Crippen LogP contribution is -2.50. The van der Waals surface area contributed by atoms with E-state index in [1.54, 1.807) is 4.90 Å². The van der Waals surface area contributed by atoms with Gasteiger partial charge in [0.1, 0.15) is 5.56 Å². The van der Waals surface area contributed by atoms with Crippen LogP contribution in [0.2, 0.25) is 0 Å². The molecule has 1 saturated heterocycles. The van der Waals surface area contributed by atoms with E-state index >= 15 is 0 Å². The third kappa shape index (κ3) is 4.00. The number of aromatic amines is 1. The first kappa shape index (κ1) is 17.9. The summed E-state index contributed by atoms with van der Waals surface area (Å²) < 4.78 is 0.915. The van der Waals surface area contributed by atoms with E-state index in [4.69, 9.17) is 0 Å². The maximum absolute atomic E-state index is 12.5. The lowest BCUT2D eigenvalue weighted by molar-refractivity contribution is 0.0647. The van der Waals surface area contributed by atoms with Crippen LogP contribution in [0.25, 0.3) is 6.08 Å². The van der Waals surface area contributed by atoms with Gasteiger partial charge in [0, 0.05) is 46.0 Å². The number of piperazine rings is 1. The average Bonchev–Trinajstić information content (AvgIpc) is 2.67. The first-order valence-corrected chi connectivity index (χ1v) is 8.58. The summed E-state index contributed by atoms with van der Waals surface area (Å²) in [5, 5.41) is 0. The van der Waals surface area contributed by atoms with E-state index in [1.165, 1.54) is 13.2 Å². The maximum atomic E-state index is 12.5. The van der Waals surface area contributed by atoms with E-state index in [-0.39, 0.29) is 11.5 Å². The van der Waals surface area contributed by atoms with Gasteiger partial charge in [-0.15, -0.1) is 0 Å². The molecule has 0 aliphatic carbocycles. The summed E-state index contributed by atoms with van der Waals surface area (Å²) in [6, 6.07) is 10.1. The Labute approximate surface area is 151 Å². The van der Waals surface area contributed by atoms with Crippen LogP contribution in [-0.4, -0.2) is 58.0 Å². The molecule has 1 aliphatic heterocycles. The third-order valence-corrected chi connectivity index (χ3v) is 4.54. The number of nitrogens with one attached hydrogen (secondary N) is 1. The number of carbonyl (C=O) groups is 1. The highest BCUT2D eigenvalue weighted by molar-refractivity contribution is 5.93. The molecule has 0 unspecified atom stereocenters. The average molecular weight is 354 g/mol. The summed E-state index contributed by atoms with van der Waals surface area (Å²) in [6.07, 6.45) is 5.41. The highest BCUT2D eigenvalue weighted by atomic mass is 16.2. The summed E-state index contributed by atoms with van der Waals surface area (Å²) in [5.41, 5.74) is 0.0771. The first-order valence-electron chi connectivity index (χ1n) is 8.58. The number of rotatable bonds is 4. The predicted molar refractivity (Wildman–Crippen MR) is 100 cm³/mol. The van der Waals surface area contributed by atoms with Crippen LogP contribution in [0.4, 0.5) is 0 Å². The lowest BCUT2D eigenvalue weighted by Gasteiger charge is -2.34. The smallest absolute Gasteiger partial charge is 0.328 e. The monoisotopic (exact) mass is 354 g/mol. The van der Waals surface area contributed by atoms with Crippen molar-refractivity contribution < 1.29 is 4.79 Å². The van der Waals surface area contributed by atoms with Gasteiger partial charge >= 0.3 is 5.69 Å². The molecule has 1 fully saturated rings. The van der Waals surface area contributed by atoms with Crippen LogP contribution in [-0.2, 0) is 7.05 Å². The SMILES string of the molecule is Cn1c(=O)[nH]cc(C(=O)N2CCN(C/C=C/c3ccccc3)CC2)c1=O. The topological polar surface area (TPSA) is 78.4 Å². The lowest BCUT2D eigenvalue weighted by atomic mass is 10.2. The van der Waals surface area contributed by atoms with Gasteiger partial charge in [-0.1, -0.05) is 42.5 Å². The molecular formula is C19H22N4O3. The van der Waals surface area contributed by atoms with E-state index in [1.807, 2.05) is 18.2 Å². The number of carbonyl (C=O) groups excluding carboxylic acids is 1. The Balaban J connectivity index is 1.56. The molecule has 0 spiro atoms. The molecule has 2 aromatic rings. The van der Waals surface area contributed by atoms with Gasteiger partial charge in [0.2, 0.25) is 0 Å². The summed E-state index contributed by atoms with van der Waals surface area (Å²) >= 11 is 0. The van der Waals surface area contributed by atoms with Gasteiger partial charge in [0.05, 0.1) is 0 Å². The van der Waals surface area contributed by atoms with Crippen molar-refractivity contribution in [3.8, 4) is 0 Å². The van der Waals surface area contributed by atoms with E-state index in [2.05, 4.69) is 34.2 Å². The second kappa shape index (κ2) is 7.97. The fourth-order valence-corrected chi connectivity index (χ4v) is 2.92. The fourth-order valence-electron chi connectivity index (χ4n) is 2.92. The van der Waals surface area contributed by atoms with E-state index in [0.29, 0.717) is 13.1 Å². The minimum atomic E-state index is -0.563. The zero-order valence-corrected chi connectivity index (χ0v) is 14.7. The molecule has 1 aromatic heterocycles. The van der Waals surface area contributed by atoms with Crippen LogP contribution in [0.3, 0.4) is 0 Å². The summed E-state index contributed by atoms with van der Waals surface area (Å²) in [4.78, 5) is 42.4. The fraction of sp³-hybridized carbons (Fsp3) is 0.316. The highest BCUT2D eigenvalue weighted by Crippen LogP contribution is 2.07.